The summed E-state index contributed by atoms with van der Waals surface area (Å²) < 4.78 is 82.1. The molecular weight excluding hydrogens is 378 g/mol. The van der Waals surface area contributed by atoms with E-state index in [1.165, 1.54) is 4.90 Å². The van der Waals surface area contributed by atoms with Crippen molar-refractivity contribution in [3.05, 3.63) is 29.6 Å². The highest BCUT2D eigenvalue weighted by molar-refractivity contribution is 5.85. The Hall–Kier alpha value is -1.23. The van der Waals surface area contributed by atoms with Gasteiger partial charge in [0.1, 0.15) is 12.6 Å². The van der Waals surface area contributed by atoms with Crippen LogP contribution in [0.3, 0.4) is 0 Å². The van der Waals surface area contributed by atoms with E-state index in [1.807, 2.05) is 0 Å². The SMILES string of the molecule is Cl.OCC(F)(F)[C@H](c1ccc(OC(F)(F)F)c(F)c1)N1CCNCC1. The van der Waals surface area contributed by atoms with Gasteiger partial charge in [0.15, 0.2) is 11.6 Å². The highest BCUT2D eigenvalue weighted by atomic mass is 35.5. The highest BCUT2D eigenvalue weighted by Gasteiger charge is 2.44. The molecule has 0 spiro atoms. The molecule has 1 heterocycles. The molecule has 0 amide bonds. The summed E-state index contributed by atoms with van der Waals surface area (Å²) in [6.07, 6.45) is -5.09. The van der Waals surface area contributed by atoms with Crippen molar-refractivity contribution in [2.45, 2.75) is 18.3 Å². The van der Waals surface area contributed by atoms with Crippen molar-refractivity contribution in [1.82, 2.24) is 10.2 Å². The maximum Gasteiger partial charge on any atom is 0.573 e. The average Bonchev–Trinajstić information content (AvgIpc) is 2.50. The Kier molecular flexibility index (Phi) is 7.36. The van der Waals surface area contributed by atoms with Gasteiger partial charge in [0, 0.05) is 26.2 Å². The molecule has 0 aromatic heterocycles. The quantitative estimate of drug-likeness (QED) is 0.754. The molecule has 4 nitrogen and oxygen atoms in total. The van der Waals surface area contributed by atoms with E-state index < -0.39 is 36.5 Å². The third-order valence-corrected chi connectivity index (χ3v) is 3.62. The van der Waals surface area contributed by atoms with Gasteiger partial charge in [0.05, 0.1) is 0 Å². The van der Waals surface area contributed by atoms with Crippen LogP contribution in [0.15, 0.2) is 18.2 Å². The average molecular weight is 395 g/mol. The molecule has 1 aromatic carbocycles. The largest absolute Gasteiger partial charge is 0.573 e. The third kappa shape index (κ3) is 5.63. The summed E-state index contributed by atoms with van der Waals surface area (Å²) in [5.74, 6) is -6.09. The van der Waals surface area contributed by atoms with Crippen LogP contribution in [0.4, 0.5) is 26.3 Å². The molecule has 0 saturated carbocycles. The van der Waals surface area contributed by atoms with E-state index in [0.29, 0.717) is 25.2 Å². The lowest BCUT2D eigenvalue weighted by Crippen LogP contribution is -2.51. The first-order valence-electron chi connectivity index (χ1n) is 7.13. The smallest absolute Gasteiger partial charge is 0.403 e. The van der Waals surface area contributed by atoms with E-state index in [1.54, 1.807) is 0 Å². The maximum absolute atomic E-state index is 14.1. The standard InChI is InChI=1S/C14H16F6N2O2.ClH/c15-10-7-9(1-2-11(10)24-14(18,19)20)12(13(16,17)8-23)22-5-3-21-4-6-22;/h1-2,7,12,21,23H,3-6,8H2;1H/t12-;/m0./s1. The van der Waals surface area contributed by atoms with E-state index in [-0.39, 0.29) is 31.1 Å². The summed E-state index contributed by atoms with van der Waals surface area (Å²) in [5.41, 5.74) is -0.233. The van der Waals surface area contributed by atoms with Crippen LogP contribution in [0, 0.1) is 5.82 Å². The maximum atomic E-state index is 14.1. The number of aliphatic hydroxyl groups excluding tert-OH is 1. The number of nitrogens with one attached hydrogen (secondary N) is 1. The lowest BCUT2D eigenvalue weighted by atomic mass is 9.98. The van der Waals surface area contributed by atoms with Crippen molar-refractivity contribution < 1.29 is 36.2 Å². The predicted octanol–water partition coefficient (Wildman–Crippen LogP) is 2.72. The van der Waals surface area contributed by atoms with Crippen LogP contribution in [-0.2, 0) is 0 Å². The second-order valence-electron chi connectivity index (χ2n) is 5.35. The molecule has 1 fully saturated rings. The number of hydrogen-bond donors (Lipinski definition) is 2. The number of alkyl halides is 5. The molecular formula is C14H17ClF6N2O2. The number of rotatable bonds is 5. The summed E-state index contributed by atoms with van der Waals surface area (Å²) in [6.45, 7) is -0.166. The second kappa shape index (κ2) is 8.43. The first kappa shape index (κ1) is 21.8. The van der Waals surface area contributed by atoms with E-state index >= 15 is 0 Å². The number of nitrogens with zero attached hydrogens (tertiary/aromatic N) is 1. The van der Waals surface area contributed by atoms with Gasteiger partial charge >= 0.3 is 6.36 Å². The number of benzene rings is 1. The van der Waals surface area contributed by atoms with Crippen molar-refractivity contribution in [3.8, 4) is 5.75 Å². The molecule has 1 saturated heterocycles. The molecule has 1 aliphatic rings. The minimum absolute atomic E-state index is 0. The fourth-order valence-electron chi connectivity index (χ4n) is 2.64. The zero-order chi connectivity index (χ0) is 18.0. The van der Waals surface area contributed by atoms with Crippen LogP contribution in [0.1, 0.15) is 11.6 Å². The molecule has 1 aromatic rings. The Balaban J connectivity index is 0.00000312. The van der Waals surface area contributed by atoms with E-state index in [9.17, 15) is 26.3 Å². The van der Waals surface area contributed by atoms with Crippen LogP contribution in [0.25, 0.3) is 0 Å². The van der Waals surface area contributed by atoms with Gasteiger partial charge in [-0.05, 0) is 17.7 Å². The molecule has 0 unspecified atom stereocenters. The fraction of sp³-hybridized carbons (Fsp3) is 0.571. The van der Waals surface area contributed by atoms with Crippen LogP contribution in [0.5, 0.6) is 5.75 Å². The fourth-order valence-corrected chi connectivity index (χ4v) is 2.64. The Labute approximate surface area is 146 Å². The van der Waals surface area contributed by atoms with Gasteiger partial charge in [-0.25, -0.2) is 13.2 Å². The van der Waals surface area contributed by atoms with Crippen molar-refractivity contribution in [2.24, 2.45) is 0 Å². The summed E-state index contributed by atoms with van der Waals surface area (Å²) >= 11 is 0. The molecule has 0 aliphatic carbocycles. The molecule has 0 radical (unpaired) electrons. The molecule has 1 atom stereocenters. The monoisotopic (exact) mass is 394 g/mol. The van der Waals surface area contributed by atoms with Crippen molar-refractivity contribution in [3.63, 3.8) is 0 Å². The van der Waals surface area contributed by atoms with Gasteiger partial charge in [-0.1, -0.05) is 6.07 Å². The van der Waals surface area contributed by atoms with E-state index in [4.69, 9.17) is 5.11 Å². The zero-order valence-electron chi connectivity index (χ0n) is 12.8. The van der Waals surface area contributed by atoms with Gasteiger partial charge in [0.2, 0.25) is 0 Å². The topological polar surface area (TPSA) is 44.7 Å². The Bertz CT molecular complexity index is 567. The van der Waals surface area contributed by atoms with Gasteiger partial charge in [-0.2, -0.15) is 0 Å². The van der Waals surface area contributed by atoms with Crippen LogP contribution < -0.4 is 10.1 Å². The van der Waals surface area contributed by atoms with Crippen molar-refractivity contribution in [2.75, 3.05) is 32.8 Å². The minimum atomic E-state index is -5.09. The minimum Gasteiger partial charge on any atom is -0.403 e. The van der Waals surface area contributed by atoms with E-state index in [2.05, 4.69) is 10.1 Å². The predicted molar refractivity (Wildman–Crippen MR) is 79.5 cm³/mol. The number of hydrogen-bond acceptors (Lipinski definition) is 4. The number of ether oxygens (including phenoxy) is 1. The van der Waals surface area contributed by atoms with Crippen molar-refractivity contribution >= 4 is 12.4 Å². The van der Waals surface area contributed by atoms with Gasteiger partial charge in [0.25, 0.3) is 5.92 Å². The molecule has 1 aliphatic heterocycles. The summed E-state index contributed by atoms with van der Waals surface area (Å²) in [4.78, 5) is 1.35. The Morgan fingerprint density at radius 2 is 1.76 bits per heavy atom. The van der Waals surface area contributed by atoms with Gasteiger partial charge < -0.3 is 15.2 Å². The molecule has 25 heavy (non-hydrogen) atoms. The molecule has 144 valence electrons. The van der Waals surface area contributed by atoms with Crippen molar-refractivity contribution in [1.29, 1.82) is 0 Å². The van der Waals surface area contributed by atoms with Crippen LogP contribution >= 0.6 is 12.4 Å². The number of aliphatic hydroxyl groups is 1. The first-order valence-corrected chi connectivity index (χ1v) is 7.13. The van der Waals surface area contributed by atoms with E-state index in [0.717, 1.165) is 6.07 Å². The Morgan fingerprint density at radius 3 is 2.24 bits per heavy atom. The Morgan fingerprint density at radius 1 is 1.16 bits per heavy atom. The van der Waals surface area contributed by atoms with Gasteiger partial charge in [-0.15, -0.1) is 25.6 Å². The molecule has 0 bridgehead atoms. The highest BCUT2D eigenvalue weighted by Crippen LogP contribution is 2.38. The first-order chi connectivity index (χ1) is 11.1. The third-order valence-electron chi connectivity index (χ3n) is 3.62. The van der Waals surface area contributed by atoms with Crippen LogP contribution in [-0.4, -0.2) is 55.1 Å². The van der Waals surface area contributed by atoms with Gasteiger partial charge in [-0.3, -0.25) is 4.90 Å². The summed E-state index contributed by atoms with van der Waals surface area (Å²) in [6, 6.07) is 0.525. The van der Waals surface area contributed by atoms with Crippen LogP contribution in [0.2, 0.25) is 0 Å². The zero-order valence-corrected chi connectivity index (χ0v) is 13.6. The molecule has 2 N–H and O–H groups in total. The normalized spacial score (nSPS) is 17.7. The summed E-state index contributed by atoms with van der Waals surface area (Å²) in [7, 11) is 0. The number of halogens is 7. The number of piperazine rings is 1. The lowest BCUT2D eigenvalue weighted by molar-refractivity contribution is -0.275. The molecule has 11 heteroatoms. The molecule has 2 rings (SSSR count). The second-order valence-corrected chi connectivity index (χ2v) is 5.35. The lowest BCUT2D eigenvalue weighted by Gasteiger charge is -2.38. The summed E-state index contributed by atoms with van der Waals surface area (Å²) in [5, 5.41) is 11.9.